The highest BCUT2D eigenvalue weighted by molar-refractivity contribution is 5.16. The molecule has 1 atom stereocenters. The highest BCUT2D eigenvalue weighted by atomic mass is 19.4. The van der Waals surface area contributed by atoms with Crippen LogP contribution < -0.4 is 4.74 Å². The van der Waals surface area contributed by atoms with Gasteiger partial charge in [0.15, 0.2) is 6.10 Å². The second kappa shape index (κ2) is 3.86. The van der Waals surface area contributed by atoms with Crippen LogP contribution in [0.3, 0.4) is 0 Å². The number of hydrogen-bond acceptors (Lipinski definition) is 2. The zero-order valence-corrected chi connectivity index (χ0v) is 7.80. The second-order valence-electron chi connectivity index (χ2n) is 2.98. The zero-order chi connectivity index (χ0) is 10.8. The van der Waals surface area contributed by atoms with E-state index in [1.807, 2.05) is 0 Å². The molecule has 1 aromatic rings. The van der Waals surface area contributed by atoms with E-state index in [4.69, 9.17) is 0 Å². The topological polar surface area (TPSA) is 22.1 Å². The summed E-state index contributed by atoms with van der Waals surface area (Å²) in [6, 6.07) is 3.06. The molecule has 2 nitrogen and oxygen atoms in total. The molecule has 0 aliphatic rings. The minimum Gasteiger partial charge on any atom is -0.465 e. The van der Waals surface area contributed by atoms with Gasteiger partial charge in [-0.15, -0.1) is 0 Å². The first kappa shape index (κ1) is 10.8. The number of halogens is 3. The molecular weight excluding hydrogens is 195 g/mol. The first-order chi connectivity index (χ1) is 6.39. The normalized spacial score (nSPS) is 13.8. The van der Waals surface area contributed by atoms with Crippen LogP contribution in [0, 0.1) is 6.92 Å². The van der Waals surface area contributed by atoms with Crippen LogP contribution >= 0.6 is 0 Å². The monoisotopic (exact) mass is 205 g/mol. The van der Waals surface area contributed by atoms with Gasteiger partial charge < -0.3 is 4.74 Å². The van der Waals surface area contributed by atoms with Gasteiger partial charge in [-0.2, -0.15) is 13.2 Å². The lowest BCUT2D eigenvalue weighted by Gasteiger charge is -2.16. The van der Waals surface area contributed by atoms with Crippen molar-refractivity contribution in [2.45, 2.75) is 26.1 Å². The van der Waals surface area contributed by atoms with E-state index in [1.54, 1.807) is 13.0 Å². The summed E-state index contributed by atoms with van der Waals surface area (Å²) in [7, 11) is 0. The highest BCUT2D eigenvalue weighted by Gasteiger charge is 2.38. The van der Waals surface area contributed by atoms with Crippen molar-refractivity contribution in [3.05, 3.63) is 23.9 Å². The Morgan fingerprint density at radius 2 is 2.00 bits per heavy atom. The minimum atomic E-state index is -4.35. The van der Waals surface area contributed by atoms with Crippen molar-refractivity contribution in [2.75, 3.05) is 0 Å². The van der Waals surface area contributed by atoms with E-state index in [2.05, 4.69) is 9.72 Å². The van der Waals surface area contributed by atoms with Gasteiger partial charge >= 0.3 is 6.18 Å². The summed E-state index contributed by atoms with van der Waals surface area (Å²) in [4.78, 5) is 3.71. The lowest BCUT2D eigenvalue weighted by molar-refractivity contribution is -0.189. The summed E-state index contributed by atoms with van der Waals surface area (Å²) < 4.78 is 40.8. The lowest BCUT2D eigenvalue weighted by atomic mass is 10.3. The van der Waals surface area contributed by atoms with Crippen LogP contribution in [-0.2, 0) is 0 Å². The van der Waals surface area contributed by atoms with Crippen LogP contribution in [0.15, 0.2) is 18.3 Å². The molecule has 14 heavy (non-hydrogen) atoms. The number of rotatable bonds is 2. The van der Waals surface area contributed by atoms with Crippen molar-refractivity contribution in [3.63, 3.8) is 0 Å². The summed E-state index contributed by atoms with van der Waals surface area (Å²) in [5.74, 6) is -0.0135. The molecule has 1 aromatic heterocycles. The van der Waals surface area contributed by atoms with Gasteiger partial charge in [0.25, 0.3) is 0 Å². The smallest absolute Gasteiger partial charge is 0.425 e. The molecular formula is C9H10F3NO. The molecule has 0 N–H and O–H groups in total. The number of aryl methyl sites for hydroxylation is 1. The summed E-state index contributed by atoms with van der Waals surface area (Å²) in [6.45, 7) is 2.74. The first-order valence-electron chi connectivity index (χ1n) is 4.05. The molecule has 0 fully saturated rings. The average molecular weight is 205 g/mol. The maximum absolute atomic E-state index is 12.1. The van der Waals surface area contributed by atoms with Crippen LogP contribution in [-0.4, -0.2) is 17.3 Å². The average Bonchev–Trinajstić information content (AvgIpc) is 2.07. The lowest BCUT2D eigenvalue weighted by Crippen LogP contribution is -2.31. The van der Waals surface area contributed by atoms with E-state index in [1.165, 1.54) is 12.3 Å². The highest BCUT2D eigenvalue weighted by Crippen LogP contribution is 2.23. The summed E-state index contributed by atoms with van der Waals surface area (Å²) in [5.41, 5.74) is 0.872. The van der Waals surface area contributed by atoms with Crippen LogP contribution in [0.25, 0.3) is 0 Å². The van der Waals surface area contributed by atoms with Gasteiger partial charge in [0, 0.05) is 12.3 Å². The molecule has 5 heteroatoms. The Hall–Kier alpha value is -1.26. The van der Waals surface area contributed by atoms with Crippen LogP contribution in [0.1, 0.15) is 12.5 Å². The van der Waals surface area contributed by atoms with Gasteiger partial charge in [0.05, 0.1) is 0 Å². The van der Waals surface area contributed by atoms with Crippen molar-refractivity contribution < 1.29 is 17.9 Å². The van der Waals surface area contributed by atoms with Crippen molar-refractivity contribution in [3.8, 4) is 5.88 Å². The number of hydrogen-bond donors (Lipinski definition) is 0. The third-order valence-corrected chi connectivity index (χ3v) is 1.64. The molecule has 0 spiro atoms. The molecule has 0 aliphatic heterocycles. The van der Waals surface area contributed by atoms with Gasteiger partial charge in [0.1, 0.15) is 0 Å². The Balaban J connectivity index is 2.65. The summed E-state index contributed by atoms with van der Waals surface area (Å²) >= 11 is 0. The fourth-order valence-electron chi connectivity index (χ4n) is 0.772. The maximum Gasteiger partial charge on any atom is 0.425 e. The molecule has 0 bridgehead atoms. The van der Waals surface area contributed by atoms with Crippen molar-refractivity contribution in [2.24, 2.45) is 0 Å². The van der Waals surface area contributed by atoms with Crippen LogP contribution in [0.5, 0.6) is 5.88 Å². The predicted molar refractivity (Wildman–Crippen MR) is 45.1 cm³/mol. The molecule has 0 aliphatic carbocycles. The Labute approximate surface area is 79.7 Å². The number of aromatic nitrogens is 1. The molecule has 1 unspecified atom stereocenters. The number of nitrogens with zero attached hydrogens (tertiary/aromatic N) is 1. The van der Waals surface area contributed by atoms with Gasteiger partial charge in [-0.3, -0.25) is 0 Å². The first-order valence-corrected chi connectivity index (χ1v) is 4.05. The Kier molecular flexibility index (Phi) is 2.98. The Morgan fingerprint density at radius 1 is 1.36 bits per heavy atom. The fourth-order valence-corrected chi connectivity index (χ4v) is 0.772. The van der Waals surface area contributed by atoms with E-state index < -0.39 is 12.3 Å². The number of alkyl halides is 3. The number of ether oxygens (including phenoxy) is 1. The minimum absolute atomic E-state index is 0.0135. The molecule has 0 radical (unpaired) electrons. The van der Waals surface area contributed by atoms with E-state index >= 15 is 0 Å². The quantitative estimate of drug-likeness (QED) is 0.740. The van der Waals surface area contributed by atoms with E-state index in [0.717, 1.165) is 12.5 Å². The largest absolute Gasteiger partial charge is 0.465 e. The van der Waals surface area contributed by atoms with Crippen molar-refractivity contribution >= 4 is 0 Å². The van der Waals surface area contributed by atoms with Crippen LogP contribution in [0.4, 0.5) is 13.2 Å². The van der Waals surface area contributed by atoms with Gasteiger partial charge in [-0.05, 0) is 19.4 Å². The standard InChI is InChI=1S/C9H10F3NO/c1-6-3-4-8(13-5-6)14-7(2)9(10,11)12/h3-5,7H,1-2H3. The van der Waals surface area contributed by atoms with E-state index in [-0.39, 0.29) is 5.88 Å². The molecule has 1 rings (SSSR count). The second-order valence-corrected chi connectivity index (χ2v) is 2.98. The predicted octanol–water partition coefficient (Wildman–Crippen LogP) is 2.72. The van der Waals surface area contributed by atoms with E-state index in [9.17, 15) is 13.2 Å². The van der Waals surface area contributed by atoms with Crippen LogP contribution in [0.2, 0.25) is 0 Å². The molecule has 1 heterocycles. The van der Waals surface area contributed by atoms with Gasteiger partial charge in [-0.1, -0.05) is 6.07 Å². The molecule has 0 aromatic carbocycles. The summed E-state index contributed by atoms with van der Waals surface area (Å²) in [6.07, 6.45) is -4.73. The fraction of sp³-hybridized carbons (Fsp3) is 0.444. The Morgan fingerprint density at radius 3 is 2.43 bits per heavy atom. The SMILES string of the molecule is Cc1ccc(OC(C)C(F)(F)F)nc1. The maximum atomic E-state index is 12.1. The molecule has 78 valence electrons. The number of pyridine rings is 1. The molecule has 0 saturated carbocycles. The Bertz CT molecular complexity index is 294. The van der Waals surface area contributed by atoms with Crippen molar-refractivity contribution in [1.29, 1.82) is 0 Å². The van der Waals surface area contributed by atoms with Crippen molar-refractivity contribution in [1.82, 2.24) is 4.98 Å². The third kappa shape index (κ3) is 2.90. The third-order valence-electron chi connectivity index (χ3n) is 1.64. The van der Waals surface area contributed by atoms with Gasteiger partial charge in [0.2, 0.25) is 5.88 Å². The molecule has 0 saturated heterocycles. The summed E-state index contributed by atoms with van der Waals surface area (Å²) in [5, 5.41) is 0. The molecule has 0 amide bonds. The van der Waals surface area contributed by atoms with Gasteiger partial charge in [-0.25, -0.2) is 4.98 Å². The zero-order valence-electron chi connectivity index (χ0n) is 7.80. The van der Waals surface area contributed by atoms with E-state index in [0.29, 0.717) is 0 Å².